The summed E-state index contributed by atoms with van der Waals surface area (Å²) in [5.41, 5.74) is 7.16. The molecular formula is C30H38N2O3. The Morgan fingerprint density at radius 3 is 2.31 bits per heavy atom. The van der Waals surface area contributed by atoms with Crippen LogP contribution in [-0.4, -0.2) is 33.8 Å². The summed E-state index contributed by atoms with van der Waals surface area (Å²) in [6, 6.07) is 17.7. The molecule has 2 fully saturated rings. The number of benzene rings is 2. The molecule has 3 N–H and O–H groups in total. The van der Waals surface area contributed by atoms with Crippen molar-refractivity contribution in [2.24, 2.45) is 5.73 Å². The molecule has 2 aromatic carbocycles. The van der Waals surface area contributed by atoms with Gasteiger partial charge < -0.3 is 20.5 Å². The van der Waals surface area contributed by atoms with Crippen LogP contribution in [0, 0.1) is 11.8 Å². The van der Waals surface area contributed by atoms with Crippen molar-refractivity contribution in [1.82, 2.24) is 4.90 Å². The minimum absolute atomic E-state index is 0.139. The van der Waals surface area contributed by atoms with Gasteiger partial charge in [0.15, 0.2) is 0 Å². The maximum atomic E-state index is 13.2. The van der Waals surface area contributed by atoms with Crippen LogP contribution in [0.4, 0.5) is 4.79 Å². The van der Waals surface area contributed by atoms with Crippen LogP contribution in [0.25, 0.3) is 0 Å². The van der Waals surface area contributed by atoms with Crippen molar-refractivity contribution >= 4 is 6.09 Å². The smallest absolute Gasteiger partial charge is 0.411 e. The fourth-order valence-electron chi connectivity index (χ4n) is 5.42. The predicted molar refractivity (Wildman–Crippen MR) is 139 cm³/mol. The monoisotopic (exact) mass is 474 g/mol. The first-order chi connectivity index (χ1) is 16.6. The van der Waals surface area contributed by atoms with E-state index in [1.54, 1.807) is 18.7 Å². The van der Waals surface area contributed by atoms with Crippen LogP contribution in [0.5, 0.6) is 0 Å². The molecule has 5 nitrogen and oxygen atoms in total. The van der Waals surface area contributed by atoms with Crippen LogP contribution in [0.3, 0.4) is 0 Å². The number of rotatable bonds is 5. The summed E-state index contributed by atoms with van der Waals surface area (Å²) >= 11 is 0. The van der Waals surface area contributed by atoms with Gasteiger partial charge in [0.2, 0.25) is 0 Å². The normalized spacial score (nSPS) is 23.1. The van der Waals surface area contributed by atoms with E-state index in [9.17, 15) is 9.90 Å². The number of nitrogens with two attached hydrogens (primary N) is 1. The summed E-state index contributed by atoms with van der Waals surface area (Å²) in [7, 11) is 0. The average molecular weight is 475 g/mol. The number of hydrogen-bond acceptors (Lipinski definition) is 4. The molecule has 5 heteroatoms. The summed E-state index contributed by atoms with van der Waals surface area (Å²) in [5, 5.41) is 10.6. The van der Waals surface area contributed by atoms with Gasteiger partial charge in [0.05, 0.1) is 17.2 Å². The zero-order chi connectivity index (χ0) is 25.1. The number of amides is 1. The van der Waals surface area contributed by atoms with Crippen molar-refractivity contribution in [2.45, 2.75) is 88.5 Å². The van der Waals surface area contributed by atoms with Gasteiger partial charge in [-0.2, -0.15) is 0 Å². The number of hydrogen-bond donors (Lipinski definition) is 2. The van der Waals surface area contributed by atoms with Gasteiger partial charge in [0.25, 0.3) is 0 Å². The van der Waals surface area contributed by atoms with E-state index in [0.29, 0.717) is 19.4 Å². The van der Waals surface area contributed by atoms with Crippen LogP contribution in [0.2, 0.25) is 0 Å². The van der Waals surface area contributed by atoms with Crippen molar-refractivity contribution < 1.29 is 14.6 Å². The molecule has 2 aromatic rings. The van der Waals surface area contributed by atoms with E-state index in [2.05, 4.69) is 11.8 Å². The molecule has 186 valence electrons. The molecule has 1 aliphatic carbocycles. The molecule has 1 saturated carbocycles. The Balaban J connectivity index is 1.47. The molecule has 4 rings (SSSR count). The second-order valence-electron chi connectivity index (χ2n) is 10.9. The van der Waals surface area contributed by atoms with Crippen molar-refractivity contribution in [3.8, 4) is 11.8 Å². The van der Waals surface area contributed by atoms with Gasteiger partial charge in [-0.1, -0.05) is 73.6 Å². The third-order valence-electron chi connectivity index (χ3n) is 7.35. The molecule has 0 unspecified atom stereocenters. The fraction of sp³-hybridized carbons (Fsp3) is 0.500. The van der Waals surface area contributed by atoms with Crippen molar-refractivity contribution in [3.63, 3.8) is 0 Å². The number of carbonyl (C=O) groups excluding carboxylic acids is 1. The number of aliphatic hydroxyl groups is 1. The quantitative estimate of drug-likeness (QED) is 0.548. The Labute approximate surface area is 209 Å². The van der Waals surface area contributed by atoms with Crippen molar-refractivity contribution in [1.29, 1.82) is 0 Å². The van der Waals surface area contributed by atoms with Crippen LogP contribution in [0.15, 0.2) is 54.6 Å². The largest absolute Gasteiger partial charge is 0.438 e. The zero-order valence-electron chi connectivity index (χ0n) is 21.2. The fourth-order valence-corrected chi connectivity index (χ4v) is 5.42. The first kappa shape index (κ1) is 25.3. The molecule has 1 amide bonds. The zero-order valence-corrected chi connectivity index (χ0v) is 21.2. The van der Waals surface area contributed by atoms with E-state index in [-0.39, 0.29) is 17.7 Å². The average Bonchev–Trinajstić information content (AvgIpc) is 2.83. The van der Waals surface area contributed by atoms with Gasteiger partial charge in [-0.05, 0) is 56.9 Å². The standard InChI is InChI=1S/C30H38N2O3/c1-23(25-14-12-24(13-15-25)16-19-29(31)17-8-5-9-18-29)32-21-20-30(35-27(32)33,22-28(2,3)34)26-10-6-4-7-11-26/h4,6-7,10-15,23,34H,5,8-9,17-18,20-22,31H2,1-3H3/t23-,30-/m0/s1. The van der Waals surface area contributed by atoms with Crippen LogP contribution < -0.4 is 5.73 Å². The van der Waals surface area contributed by atoms with E-state index < -0.39 is 11.2 Å². The lowest BCUT2D eigenvalue weighted by Crippen LogP contribution is -2.51. The van der Waals surface area contributed by atoms with Gasteiger partial charge in [-0.3, -0.25) is 0 Å². The highest BCUT2D eigenvalue weighted by molar-refractivity contribution is 5.70. The summed E-state index contributed by atoms with van der Waals surface area (Å²) in [6.45, 7) is 6.07. The lowest BCUT2D eigenvalue weighted by atomic mass is 9.80. The minimum atomic E-state index is -0.972. The van der Waals surface area contributed by atoms with Crippen molar-refractivity contribution in [3.05, 3.63) is 71.3 Å². The number of ether oxygens (including phenoxy) is 1. The molecule has 2 aliphatic rings. The van der Waals surface area contributed by atoms with Gasteiger partial charge >= 0.3 is 6.09 Å². The van der Waals surface area contributed by atoms with Gasteiger partial charge in [0.1, 0.15) is 5.60 Å². The molecule has 2 atom stereocenters. The predicted octanol–water partition coefficient (Wildman–Crippen LogP) is 5.66. The molecule has 0 bridgehead atoms. The van der Waals surface area contributed by atoms with Crippen molar-refractivity contribution in [2.75, 3.05) is 6.54 Å². The second kappa shape index (κ2) is 10.0. The highest BCUT2D eigenvalue weighted by atomic mass is 16.6. The number of cyclic esters (lactones) is 1. The summed E-state index contributed by atoms with van der Waals surface area (Å²) in [5.74, 6) is 6.56. The lowest BCUT2D eigenvalue weighted by molar-refractivity contribution is -0.101. The molecule has 35 heavy (non-hydrogen) atoms. The Morgan fingerprint density at radius 1 is 1.06 bits per heavy atom. The van der Waals surface area contributed by atoms with Crippen LogP contribution >= 0.6 is 0 Å². The topological polar surface area (TPSA) is 75.8 Å². The molecule has 0 aromatic heterocycles. The first-order valence-corrected chi connectivity index (χ1v) is 12.8. The minimum Gasteiger partial charge on any atom is -0.438 e. The van der Waals surface area contributed by atoms with E-state index >= 15 is 0 Å². The Morgan fingerprint density at radius 2 is 1.71 bits per heavy atom. The molecule has 1 saturated heterocycles. The maximum absolute atomic E-state index is 13.2. The summed E-state index contributed by atoms with van der Waals surface area (Å²) in [4.78, 5) is 15.0. The summed E-state index contributed by atoms with van der Waals surface area (Å²) in [6.07, 6.45) is 6.06. The van der Waals surface area contributed by atoms with E-state index in [1.165, 1.54) is 6.42 Å². The van der Waals surface area contributed by atoms with E-state index in [4.69, 9.17) is 10.5 Å². The van der Waals surface area contributed by atoms with E-state index in [0.717, 1.165) is 42.4 Å². The van der Waals surface area contributed by atoms with Crippen LogP contribution in [0.1, 0.15) is 88.4 Å². The lowest BCUT2D eigenvalue weighted by Gasteiger charge is -2.45. The molecule has 0 radical (unpaired) electrons. The van der Waals surface area contributed by atoms with Gasteiger partial charge in [-0.15, -0.1) is 0 Å². The Kier molecular flexibility index (Phi) is 7.26. The van der Waals surface area contributed by atoms with Gasteiger partial charge in [-0.25, -0.2) is 4.79 Å². The van der Waals surface area contributed by atoms with E-state index in [1.807, 2.05) is 61.5 Å². The first-order valence-electron chi connectivity index (χ1n) is 12.8. The number of carbonyl (C=O) groups is 1. The molecule has 1 heterocycles. The Hall–Kier alpha value is -2.81. The second-order valence-corrected chi connectivity index (χ2v) is 10.9. The molecule has 1 aliphatic heterocycles. The Bertz CT molecular complexity index is 1070. The third kappa shape index (κ3) is 6.07. The number of nitrogens with zero attached hydrogens (tertiary/aromatic N) is 1. The van der Waals surface area contributed by atoms with Gasteiger partial charge in [0, 0.05) is 24.9 Å². The highest BCUT2D eigenvalue weighted by Crippen LogP contribution is 2.42. The summed E-state index contributed by atoms with van der Waals surface area (Å²) < 4.78 is 6.12. The molecule has 0 spiro atoms. The molecular weight excluding hydrogens is 436 g/mol. The SMILES string of the molecule is C[C@@H](c1ccc(C#CC2(N)CCCCC2)cc1)N1CC[C@](CC(C)(C)O)(c2ccccc2)OC1=O. The third-order valence-corrected chi connectivity index (χ3v) is 7.35. The van der Waals surface area contributed by atoms with Crippen LogP contribution in [-0.2, 0) is 10.3 Å². The highest BCUT2D eigenvalue weighted by Gasteiger charge is 2.46. The maximum Gasteiger partial charge on any atom is 0.411 e.